The van der Waals surface area contributed by atoms with Crippen LogP contribution in [0.25, 0.3) is 10.3 Å². The standard InChI is InChI=1S/C27H26N6O2S/c1-5-29-23-14-30-26-21(32-23)13-22(36-26)25(35)33-20-12-19(10-9-16(20)2)31-24(34)17-7-6-8-18(11-17)27(3,4)15-28/h6-14H,5H2,1-4H3,(H,29,32)(H,31,34)(H,33,35). The van der Waals surface area contributed by atoms with Gasteiger partial charge in [-0.15, -0.1) is 11.3 Å². The lowest BCUT2D eigenvalue weighted by Gasteiger charge is -2.16. The number of nitrogens with one attached hydrogen (secondary N) is 3. The molecule has 0 fully saturated rings. The molecule has 0 unspecified atom stereocenters. The van der Waals surface area contributed by atoms with Crippen molar-refractivity contribution in [3.63, 3.8) is 0 Å². The molecule has 2 aromatic carbocycles. The predicted octanol–water partition coefficient (Wildman–Crippen LogP) is 5.74. The fraction of sp³-hybridized carbons (Fsp3) is 0.222. The number of aromatic nitrogens is 2. The lowest BCUT2D eigenvalue weighted by molar-refractivity contribution is 0.102. The smallest absolute Gasteiger partial charge is 0.265 e. The summed E-state index contributed by atoms with van der Waals surface area (Å²) in [6, 6.07) is 16.3. The molecule has 0 aliphatic carbocycles. The number of benzene rings is 2. The van der Waals surface area contributed by atoms with Crippen LogP contribution in [0.3, 0.4) is 0 Å². The second-order valence-corrected chi connectivity index (χ2v) is 9.87. The second-order valence-electron chi connectivity index (χ2n) is 8.84. The van der Waals surface area contributed by atoms with E-state index < -0.39 is 5.41 Å². The SMILES string of the molecule is CCNc1cnc2sc(C(=O)Nc3cc(NC(=O)c4cccc(C(C)(C)C#N)c4)ccc3C)cc2n1. The minimum atomic E-state index is -0.705. The molecule has 4 aromatic rings. The van der Waals surface area contributed by atoms with Crippen LogP contribution < -0.4 is 16.0 Å². The van der Waals surface area contributed by atoms with Gasteiger partial charge >= 0.3 is 0 Å². The Morgan fingerprint density at radius 1 is 1.08 bits per heavy atom. The molecule has 0 spiro atoms. The van der Waals surface area contributed by atoms with E-state index in [4.69, 9.17) is 0 Å². The van der Waals surface area contributed by atoms with Crippen molar-refractivity contribution < 1.29 is 9.59 Å². The molecule has 0 radical (unpaired) electrons. The van der Waals surface area contributed by atoms with Crippen molar-refractivity contribution in [1.82, 2.24) is 9.97 Å². The van der Waals surface area contributed by atoms with E-state index in [0.717, 1.165) is 17.7 Å². The first-order valence-corrected chi connectivity index (χ1v) is 12.3. The molecule has 0 saturated heterocycles. The zero-order valence-electron chi connectivity index (χ0n) is 20.5. The highest BCUT2D eigenvalue weighted by Gasteiger charge is 2.21. The third kappa shape index (κ3) is 5.34. The molecule has 0 atom stereocenters. The summed E-state index contributed by atoms with van der Waals surface area (Å²) >= 11 is 1.27. The van der Waals surface area contributed by atoms with Crippen molar-refractivity contribution in [2.75, 3.05) is 22.5 Å². The van der Waals surface area contributed by atoms with Crippen molar-refractivity contribution in [1.29, 1.82) is 5.26 Å². The van der Waals surface area contributed by atoms with E-state index >= 15 is 0 Å². The number of aryl methyl sites for hydroxylation is 1. The lowest BCUT2D eigenvalue weighted by atomic mass is 9.85. The van der Waals surface area contributed by atoms with E-state index in [0.29, 0.717) is 38.0 Å². The maximum absolute atomic E-state index is 13.0. The third-order valence-corrected chi connectivity index (χ3v) is 6.72. The first-order chi connectivity index (χ1) is 17.2. The summed E-state index contributed by atoms with van der Waals surface area (Å²) in [5, 5.41) is 18.3. The maximum atomic E-state index is 13.0. The number of anilines is 3. The van der Waals surface area contributed by atoms with E-state index in [1.807, 2.05) is 39.8 Å². The Hall–Kier alpha value is -4.29. The van der Waals surface area contributed by atoms with Crippen LogP contribution >= 0.6 is 11.3 Å². The summed E-state index contributed by atoms with van der Waals surface area (Å²) < 4.78 is 0. The number of carbonyl (C=O) groups is 2. The van der Waals surface area contributed by atoms with Crippen LogP contribution in [0.15, 0.2) is 54.7 Å². The Kier molecular flexibility index (Phi) is 6.99. The Bertz CT molecular complexity index is 1500. The highest BCUT2D eigenvalue weighted by Crippen LogP contribution is 2.27. The fourth-order valence-electron chi connectivity index (χ4n) is 3.54. The number of hydrogen-bond acceptors (Lipinski definition) is 7. The van der Waals surface area contributed by atoms with Gasteiger partial charge in [-0.05, 0) is 69.2 Å². The first kappa shape index (κ1) is 24.8. The van der Waals surface area contributed by atoms with Gasteiger partial charge in [-0.1, -0.05) is 18.2 Å². The third-order valence-electron chi connectivity index (χ3n) is 5.69. The fourth-order valence-corrected chi connectivity index (χ4v) is 4.37. The van der Waals surface area contributed by atoms with E-state index in [2.05, 4.69) is 32.0 Å². The molecule has 0 aliphatic heterocycles. The molecule has 2 aromatic heterocycles. The molecule has 2 amide bonds. The number of nitrogens with zero attached hydrogens (tertiary/aromatic N) is 3. The molecule has 2 heterocycles. The van der Waals surface area contributed by atoms with E-state index in [1.165, 1.54) is 11.3 Å². The minimum Gasteiger partial charge on any atom is -0.369 e. The topological polar surface area (TPSA) is 120 Å². The summed E-state index contributed by atoms with van der Waals surface area (Å²) in [7, 11) is 0. The van der Waals surface area contributed by atoms with Crippen molar-refractivity contribution in [3.05, 3.63) is 76.3 Å². The first-order valence-electron chi connectivity index (χ1n) is 11.5. The molecule has 0 aliphatic rings. The van der Waals surface area contributed by atoms with Gasteiger partial charge in [0.25, 0.3) is 11.8 Å². The predicted molar refractivity (Wildman–Crippen MR) is 144 cm³/mol. The van der Waals surface area contributed by atoms with Gasteiger partial charge in [-0.3, -0.25) is 9.59 Å². The average Bonchev–Trinajstić information content (AvgIpc) is 3.30. The number of amides is 2. The van der Waals surface area contributed by atoms with Gasteiger partial charge < -0.3 is 16.0 Å². The molecule has 182 valence electrons. The van der Waals surface area contributed by atoms with E-state index in [9.17, 15) is 14.9 Å². The number of carbonyl (C=O) groups excluding carboxylic acids is 2. The van der Waals surface area contributed by atoms with Crippen LogP contribution in [0.4, 0.5) is 17.2 Å². The van der Waals surface area contributed by atoms with Crippen molar-refractivity contribution in [2.24, 2.45) is 0 Å². The minimum absolute atomic E-state index is 0.275. The van der Waals surface area contributed by atoms with Gasteiger partial charge in [0.1, 0.15) is 16.2 Å². The van der Waals surface area contributed by atoms with Gasteiger partial charge in [-0.25, -0.2) is 9.97 Å². The molecule has 36 heavy (non-hydrogen) atoms. The Balaban J connectivity index is 1.51. The maximum Gasteiger partial charge on any atom is 0.265 e. The Morgan fingerprint density at radius 2 is 1.89 bits per heavy atom. The van der Waals surface area contributed by atoms with Gasteiger partial charge in [0.05, 0.1) is 22.6 Å². The summed E-state index contributed by atoms with van der Waals surface area (Å²) in [4.78, 5) is 35.9. The molecular weight excluding hydrogens is 472 g/mol. The van der Waals surface area contributed by atoms with E-state index in [-0.39, 0.29) is 11.8 Å². The van der Waals surface area contributed by atoms with E-state index in [1.54, 1.807) is 42.6 Å². The number of fused-ring (bicyclic) bond motifs is 1. The van der Waals surface area contributed by atoms with Crippen LogP contribution in [-0.4, -0.2) is 28.3 Å². The highest BCUT2D eigenvalue weighted by atomic mass is 32.1. The average molecular weight is 499 g/mol. The molecule has 4 rings (SSSR count). The van der Waals surface area contributed by atoms with Crippen molar-refractivity contribution in [3.8, 4) is 6.07 Å². The molecule has 0 saturated carbocycles. The quantitative estimate of drug-likeness (QED) is 0.299. The lowest BCUT2D eigenvalue weighted by Crippen LogP contribution is -2.17. The molecule has 9 heteroatoms. The second kappa shape index (κ2) is 10.1. The van der Waals surface area contributed by atoms with Crippen LogP contribution in [-0.2, 0) is 5.41 Å². The van der Waals surface area contributed by atoms with Crippen molar-refractivity contribution in [2.45, 2.75) is 33.1 Å². The molecular formula is C27H26N6O2S. The summed E-state index contributed by atoms with van der Waals surface area (Å²) in [6.07, 6.45) is 1.65. The number of rotatable bonds is 7. The van der Waals surface area contributed by atoms with Gasteiger partial charge in [0, 0.05) is 23.5 Å². The summed E-state index contributed by atoms with van der Waals surface area (Å²) in [5.41, 5.74) is 3.14. The Morgan fingerprint density at radius 3 is 2.64 bits per heavy atom. The number of hydrogen-bond donors (Lipinski definition) is 3. The monoisotopic (exact) mass is 498 g/mol. The largest absolute Gasteiger partial charge is 0.369 e. The van der Waals surface area contributed by atoms with Crippen LogP contribution in [0.1, 0.15) is 51.9 Å². The van der Waals surface area contributed by atoms with Crippen LogP contribution in [0.2, 0.25) is 0 Å². The van der Waals surface area contributed by atoms with Gasteiger partial charge in [0.2, 0.25) is 0 Å². The zero-order valence-corrected chi connectivity index (χ0v) is 21.3. The highest BCUT2D eigenvalue weighted by molar-refractivity contribution is 7.20. The summed E-state index contributed by atoms with van der Waals surface area (Å²) in [5.74, 6) is 0.0865. The zero-order chi connectivity index (χ0) is 25.9. The molecule has 0 bridgehead atoms. The van der Waals surface area contributed by atoms with Gasteiger partial charge in [0.15, 0.2) is 0 Å². The van der Waals surface area contributed by atoms with Crippen LogP contribution in [0, 0.1) is 18.3 Å². The normalized spacial score (nSPS) is 11.1. The summed E-state index contributed by atoms with van der Waals surface area (Å²) in [6.45, 7) is 8.20. The molecule has 8 nitrogen and oxygen atoms in total. The Labute approximate surface area is 213 Å². The van der Waals surface area contributed by atoms with Crippen molar-refractivity contribution >= 4 is 50.7 Å². The van der Waals surface area contributed by atoms with Gasteiger partial charge in [-0.2, -0.15) is 5.26 Å². The molecule has 3 N–H and O–H groups in total. The van der Waals surface area contributed by atoms with Crippen LogP contribution in [0.5, 0.6) is 0 Å². The number of nitriles is 1. The number of thiophene rings is 1.